The van der Waals surface area contributed by atoms with Crippen LogP contribution in [0, 0.1) is 5.82 Å². The van der Waals surface area contributed by atoms with Crippen molar-refractivity contribution in [1.82, 2.24) is 10.2 Å². The van der Waals surface area contributed by atoms with E-state index >= 15 is 0 Å². The van der Waals surface area contributed by atoms with Gasteiger partial charge in [0.25, 0.3) is 5.91 Å². The van der Waals surface area contributed by atoms with Gasteiger partial charge in [0, 0.05) is 12.0 Å². The molecule has 1 heterocycles. The molecular weight excluding hydrogens is 389 g/mol. The third kappa shape index (κ3) is 4.54. The molecule has 3 amide bonds. The number of nitrogens with zero attached hydrogens (tertiary/aromatic N) is 1. The number of rotatable bonds is 8. The van der Waals surface area contributed by atoms with Crippen molar-refractivity contribution in [2.45, 2.75) is 25.4 Å². The molecule has 8 heteroatoms. The minimum absolute atomic E-state index is 0.183. The molecule has 0 aliphatic carbocycles. The number of imide groups is 1. The van der Waals surface area contributed by atoms with E-state index in [1.54, 1.807) is 39.3 Å². The summed E-state index contributed by atoms with van der Waals surface area (Å²) in [7, 11) is 4.96. The van der Waals surface area contributed by atoms with Crippen molar-refractivity contribution in [3.05, 3.63) is 59.4 Å². The second-order valence-electron chi connectivity index (χ2n) is 7.78. The highest BCUT2D eigenvalue weighted by molar-refractivity contribution is 6.06. The van der Waals surface area contributed by atoms with Crippen LogP contribution in [0.5, 0.6) is 11.5 Å². The van der Waals surface area contributed by atoms with E-state index in [-0.39, 0.29) is 18.4 Å². The summed E-state index contributed by atoms with van der Waals surface area (Å²) >= 11 is 0. The maximum absolute atomic E-state index is 13.4. The Morgan fingerprint density at radius 3 is 2.47 bits per heavy atom. The minimum atomic E-state index is -1.06. The predicted molar refractivity (Wildman–Crippen MR) is 109 cm³/mol. The molecule has 160 valence electrons. The molecule has 2 aromatic rings. The Morgan fingerprint density at radius 1 is 1.07 bits per heavy atom. The summed E-state index contributed by atoms with van der Waals surface area (Å²) in [5.74, 6) is 0.558. The molecule has 1 fully saturated rings. The average Bonchev–Trinajstić information content (AvgIpc) is 2.90. The van der Waals surface area contributed by atoms with E-state index in [9.17, 15) is 14.0 Å². The van der Waals surface area contributed by atoms with Crippen LogP contribution < -0.4 is 19.7 Å². The molecule has 2 N–H and O–H groups in total. The van der Waals surface area contributed by atoms with Crippen LogP contribution in [0.3, 0.4) is 0 Å². The van der Waals surface area contributed by atoms with Crippen molar-refractivity contribution in [1.29, 1.82) is 0 Å². The quantitative estimate of drug-likeness (QED) is 0.638. The third-order valence-corrected chi connectivity index (χ3v) is 5.17. The SMILES string of the molecule is COc1ccc(C[C@@]2(C)NC(=O)N(C[NH+](C)Cc3cccc(F)c3)C2=O)cc1OC. The van der Waals surface area contributed by atoms with Gasteiger partial charge in [0.2, 0.25) is 0 Å². The fourth-order valence-electron chi connectivity index (χ4n) is 3.73. The second-order valence-corrected chi connectivity index (χ2v) is 7.78. The summed E-state index contributed by atoms with van der Waals surface area (Å²) < 4.78 is 24.0. The van der Waals surface area contributed by atoms with Crippen molar-refractivity contribution in [2.24, 2.45) is 0 Å². The summed E-state index contributed by atoms with van der Waals surface area (Å²) in [5, 5.41) is 2.82. The lowest BCUT2D eigenvalue weighted by atomic mass is 9.92. The van der Waals surface area contributed by atoms with Gasteiger partial charge in [-0.1, -0.05) is 18.2 Å². The van der Waals surface area contributed by atoms with Gasteiger partial charge in [0.1, 0.15) is 17.9 Å². The fraction of sp³-hybridized carbons (Fsp3) is 0.364. The van der Waals surface area contributed by atoms with Crippen molar-refractivity contribution < 1.29 is 28.4 Å². The molecule has 2 atom stereocenters. The molecule has 1 aliphatic heterocycles. The largest absolute Gasteiger partial charge is 0.493 e. The molecule has 1 saturated heterocycles. The van der Waals surface area contributed by atoms with Crippen LogP contribution in [0.15, 0.2) is 42.5 Å². The van der Waals surface area contributed by atoms with Crippen LogP contribution in [-0.4, -0.2) is 50.3 Å². The highest BCUT2D eigenvalue weighted by Crippen LogP contribution is 2.30. The van der Waals surface area contributed by atoms with Gasteiger partial charge in [-0.3, -0.25) is 4.79 Å². The lowest BCUT2D eigenvalue weighted by molar-refractivity contribution is -0.901. The molecule has 0 bridgehead atoms. The van der Waals surface area contributed by atoms with E-state index in [0.29, 0.717) is 24.5 Å². The van der Waals surface area contributed by atoms with Gasteiger partial charge < -0.3 is 19.7 Å². The van der Waals surface area contributed by atoms with Crippen LogP contribution >= 0.6 is 0 Å². The maximum atomic E-state index is 13.4. The van der Waals surface area contributed by atoms with Crippen molar-refractivity contribution in [2.75, 3.05) is 27.9 Å². The molecule has 3 rings (SSSR count). The van der Waals surface area contributed by atoms with Crippen LogP contribution in [0.1, 0.15) is 18.1 Å². The van der Waals surface area contributed by atoms with Gasteiger partial charge in [0.05, 0.1) is 21.3 Å². The molecule has 0 spiro atoms. The van der Waals surface area contributed by atoms with Gasteiger partial charge in [-0.05, 0) is 36.8 Å². The standard InChI is InChI=1S/C22H26FN3O4/c1-22(12-15-8-9-18(29-3)19(11-15)30-4)20(27)26(21(28)24-22)14-25(2)13-16-6-5-7-17(23)10-16/h5-11H,12-14H2,1-4H3,(H,24,28)/p+1/t22-/m1/s1. The van der Waals surface area contributed by atoms with Crippen LogP contribution in [0.25, 0.3) is 0 Å². The number of amides is 3. The second kappa shape index (κ2) is 8.71. The first kappa shape index (κ1) is 21.6. The monoisotopic (exact) mass is 416 g/mol. The molecule has 30 heavy (non-hydrogen) atoms. The zero-order chi connectivity index (χ0) is 21.9. The molecule has 0 saturated carbocycles. The number of hydrogen-bond donors (Lipinski definition) is 2. The fourth-order valence-corrected chi connectivity index (χ4v) is 3.73. The zero-order valence-electron chi connectivity index (χ0n) is 17.6. The number of methoxy groups -OCH3 is 2. The average molecular weight is 416 g/mol. The molecule has 0 aromatic heterocycles. The van der Waals surface area contributed by atoms with E-state index in [1.807, 2.05) is 19.2 Å². The minimum Gasteiger partial charge on any atom is -0.493 e. The van der Waals surface area contributed by atoms with E-state index in [0.717, 1.165) is 16.0 Å². The number of benzene rings is 2. The molecule has 1 unspecified atom stereocenters. The molecular formula is C22H27FN3O4+. The Balaban J connectivity index is 1.70. The molecule has 1 aliphatic rings. The number of nitrogens with one attached hydrogen (secondary N) is 2. The summed E-state index contributed by atoms with van der Waals surface area (Å²) in [4.78, 5) is 27.7. The predicted octanol–water partition coefficient (Wildman–Crippen LogP) is 1.37. The first-order valence-electron chi connectivity index (χ1n) is 9.66. The zero-order valence-corrected chi connectivity index (χ0v) is 17.6. The number of hydrogen-bond acceptors (Lipinski definition) is 4. The van der Waals surface area contributed by atoms with Gasteiger partial charge >= 0.3 is 6.03 Å². The van der Waals surface area contributed by atoms with E-state index in [2.05, 4.69) is 5.32 Å². The smallest absolute Gasteiger partial charge is 0.329 e. The van der Waals surface area contributed by atoms with Crippen LogP contribution in [0.2, 0.25) is 0 Å². The Labute approximate surface area is 175 Å². The maximum Gasteiger partial charge on any atom is 0.329 e. The first-order chi connectivity index (χ1) is 14.3. The first-order valence-corrected chi connectivity index (χ1v) is 9.66. The van der Waals surface area contributed by atoms with Crippen molar-refractivity contribution in [3.8, 4) is 11.5 Å². The van der Waals surface area contributed by atoms with Crippen molar-refractivity contribution in [3.63, 3.8) is 0 Å². The summed E-state index contributed by atoms with van der Waals surface area (Å²) in [6.07, 6.45) is 0.317. The lowest BCUT2D eigenvalue weighted by Crippen LogP contribution is -3.09. The number of ether oxygens (including phenoxy) is 2. The number of carbonyl (C=O) groups is 2. The Hall–Kier alpha value is -3.13. The number of urea groups is 1. The highest BCUT2D eigenvalue weighted by atomic mass is 19.1. The van der Waals surface area contributed by atoms with Gasteiger partial charge in [0.15, 0.2) is 18.2 Å². The van der Waals surface area contributed by atoms with Gasteiger partial charge in [-0.25, -0.2) is 14.1 Å². The van der Waals surface area contributed by atoms with Crippen LogP contribution in [-0.2, 0) is 17.8 Å². The molecule has 0 radical (unpaired) electrons. The van der Waals surface area contributed by atoms with Crippen LogP contribution in [0.4, 0.5) is 9.18 Å². The summed E-state index contributed by atoms with van der Waals surface area (Å²) in [6.45, 7) is 2.38. The van der Waals surface area contributed by atoms with Gasteiger partial charge in [-0.15, -0.1) is 0 Å². The van der Waals surface area contributed by atoms with Crippen molar-refractivity contribution >= 4 is 11.9 Å². The number of carbonyl (C=O) groups excluding carboxylic acids is 2. The highest BCUT2D eigenvalue weighted by Gasteiger charge is 2.48. The van der Waals surface area contributed by atoms with E-state index < -0.39 is 11.6 Å². The lowest BCUT2D eigenvalue weighted by Gasteiger charge is -2.23. The topological polar surface area (TPSA) is 72.3 Å². The Bertz CT molecular complexity index is 952. The van der Waals surface area contributed by atoms with E-state index in [4.69, 9.17) is 9.47 Å². The Morgan fingerprint density at radius 2 is 1.80 bits per heavy atom. The van der Waals surface area contributed by atoms with Gasteiger partial charge in [-0.2, -0.15) is 0 Å². The number of quaternary nitrogens is 1. The molecule has 2 aromatic carbocycles. The van der Waals surface area contributed by atoms with E-state index in [1.165, 1.54) is 17.0 Å². The molecule has 7 nitrogen and oxygen atoms in total. The normalized spacial score (nSPS) is 19.6. The third-order valence-electron chi connectivity index (χ3n) is 5.17. The summed E-state index contributed by atoms with van der Waals surface area (Å²) in [5.41, 5.74) is 0.578. The summed E-state index contributed by atoms with van der Waals surface area (Å²) in [6, 6.07) is 11.3. The Kier molecular flexibility index (Phi) is 6.26. The number of halogens is 1.